The molecule has 0 radical (unpaired) electrons. The molecule has 0 aliphatic heterocycles. The number of nitrogens with zero attached hydrogens (tertiary/aromatic N) is 1. The van der Waals surface area contributed by atoms with Gasteiger partial charge in [0.05, 0.1) is 10.0 Å². The van der Waals surface area contributed by atoms with Crippen LogP contribution in [-0.2, 0) is 0 Å². The first-order valence-electron chi connectivity index (χ1n) is 6.02. The summed E-state index contributed by atoms with van der Waals surface area (Å²) in [4.78, 5) is 11.0. The Morgan fingerprint density at radius 2 is 2.00 bits per heavy atom. The van der Waals surface area contributed by atoms with E-state index < -0.39 is 6.09 Å². The predicted molar refractivity (Wildman–Crippen MR) is 75.6 cm³/mol. The number of rotatable bonds is 3. The molecule has 3 rings (SSSR count). The maximum atomic E-state index is 11.0. The smallest absolute Gasteiger partial charge is 0.409 e. The largest absolute Gasteiger partial charge is 0.465 e. The van der Waals surface area contributed by atoms with Crippen LogP contribution >= 0.6 is 23.2 Å². The summed E-state index contributed by atoms with van der Waals surface area (Å²) in [7, 11) is 0. The summed E-state index contributed by atoms with van der Waals surface area (Å²) in [5.41, 5.74) is 1.12. The van der Waals surface area contributed by atoms with Gasteiger partial charge >= 0.3 is 6.09 Å². The highest BCUT2D eigenvalue weighted by Gasteiger charge is 2.34. The zero-order valence-electron chi connectivity index (χ0n) is 10.2. The minimum absolute atomic E-state index is 0.208. The quantitative estimate of drug-likeness (QED) is 0.867. The van der Waals surface area contributed by atoms with Crippen molar-refractivity contribution < 1.29 is 14.4 Å². The Hall–Kier alpha value is -1.72. The summed E-state index contributed by atoms with van der Waals surface area (Å²) in [6.45, 7) is 0. The van der Waals surface area contributed by atoms with Gasteiger partial charge in [-0.2, -0.15) is 0 Å². The maximum Gasteiger partial charge on any atom is 0.409 e. The zero-order valence-corrected chi connectivity index (χ0v) is 11.7. The van der Waals surface area contributed by atoms with Gasteiger partial charge in [-0.3, -0.25) is 5.32 Å². The molecule has 1 aliphatic carbocycles. The number of benzene rings is 1. The van der Waals surface area contributed by atoms with Gasteiger partial charge < -0.3 is 9.63 Å². The van der Waals surface area contributed by atoms with Crippen LogP contribution in [0.4, 0.5) is 10.5 Å². The van der Waals surface area contributed by atoms with E-state index in [1.807, 2.05) is 0 Å². The Morgan fingerprint density at radius 1 is 1.35 bits per heavy atom. The van der Waals surface area contributed by atoms with Crippen LogP contribution in [0, 0.1) is 0 Å². The molecule has 1 aliphatic rings. The molecule has 2 aromatic rings. The number of amides is 1. The minimum atomic E-state index is -1.18. The number of halogens is 2. The van der Waals surface area contributed by atoms with Crippen LogP contribution in [0.25, 0.3) is 11.3 Å². The lowest BCUT2D eigenvalue weighted by Gasteiger charge is -2.06. The van der Waals surface area contributed by atoms with Crippen LogP contribution in [0.15, 0.2) is 22.7 Å². The monoisotopic (exact) mass is 312 g/mol. The average molecular weight is 313 g/mol. The average Bonchev–Trinajstić information content (AvgIpc) is 3.13. The van der Waals surface area contributed by atoms with Gasteiger partial charge in [0.25, 0.3) is 0 Å². The van der Waals surface area contributed by atoms with Crippen molar-refractivity contribution >= 4 is 35.0 Å². The van der Waals surface area contributed by atoms with Crippen LogP contribution in [0.5, 0.6) is 0 Å². The first-order valence-corrected chi connectivity index (χ1v) is 6.77. The van der Waals surface area contributed by atoms with Gasteiger partial charge in [0.15, 0.2) is 5.76 Å². The fraction of sp³-hybridized carbons (Fsp3) is 0.231. The van der Waals surface area contributed by atoms with E-state index in [0.717, 1.165) is 12.8 Å². The minimum Gasteiger partial charge on any atom is -0.465 e. The molecule has 20 heavy (non-hydrogen) atoms. The molecule has 5 nitrogen and oxygen atoms in total. The van der Waals surface area contributed by atoms with E-state index >= 15 is 0 Å². The normalized spacial score (nSPS) is 14.3. The molecule has 2 N–H and O–H groups in total. The SMILES string of the molecule is O=C(O)Nc1c(-c2c(Cl)cccc2Cl)noc1C1CC1. The number of aromatic nitrogens is 1. The summed E-state index contributed by atoms with van der Waals surface area (Å²) in [6, 6.07) is 5.04. The molecule has 104 valence electrons. The van der Waals surface area contributed by atoms with Crippen LogP contribution in [-0.4, -0.2) is 16.4 Å². The van der Waals surface area contributed by atoms with E-state index in [1.54, 1.807) is 18.2 Å². The second kappa shape index (κ2) is 5.00. The van der Waals surface area contributed by atoms with Gasteiger partial charge in [0.2, 0.25) is 0 Å². The second-order valence-corrected chi connectivity index (χ2v) is 5.39. The summed E-state index contributed by atoms with van der Waals surface area (Å²) < 4.78 is 5.29. The number of carbonyl (C=O) groups is 1. The van der Waals surface area contributed by atoms with E-state index in [9.17, 15) is 4.79 Å². The molecular weight excluding hydrogens is 303 g/mol. The van der Waals surface area contributed by atoms with Crippen molar-refractivity contribution in [2.45, 2.75) is 18.8 Å². The van der Waals surface area contributed by atoms with Crippen molar-refractivity contribution in [2.75, 3.05) is 5.32 Å². The molecule has 1 aromatic heterocycles. The van der Waals surface area contributed by atoms with Gasteiger partial charge in [-0.25, -0.2) is 4.79 Å². The van der Waals surface area contributed by atoms with Crippen LogP contribution in [0.1, 0.15) is 24.5 Å². The number of anilines is 1. The Labute approximate surface area is 124 Å². The Bertz CT molecular complexity index is 660. The highest BCUT2D eigenvalue weighted by molar-refractivity contribution is 6.39. The van der Waals surface area contributed by atoms with Gasteiger partial charge in [0.1, 0.15) is 11.4 Å². The molecule has 0 atom stereocenters. The molecule has 1 heterocycles. The third-order valence-electron chi connectivity index (χ3n) is 3.10. The van der Waals surface area contributed by atoms with Crippen LogP contribution in [0.3, 0.4) is 0 Å². The fourth-order valence-electron chi connectivity index (χ4n) is 2.05. The number of hydrogen-bond acceptors (Lipinski definition) is 3. The topological polar surface area (TPSA) is 75.4 Å². The van der Waals surface area contributed by atoms with E-state index in [0.29, 0.717) is 32.8 Å². The number of carboxylic acid groups (broad SMARTS) is 1. The van der Waals surface area contributed by atoms with Crippen molar-refractivity contribution in [3.63, 3.8) is 0 Å². The standard InChI is InChI=1S/C13H10Cl2N2O3/c14-7-2-1-3-8(15)9(7)10-11(16-13(18)19)12(20-17-10)6-4-5-6/h1-3,6,16H,4-5H2,(H,18,19). The molecule has 0 saturated heterocycles. The van der Waals surface area contributed by atoms with Crippen molar-refractivity contribution in [1.82, 2.24) is 5.16 Å². The molecule has 7 heteroatoms. The summed E-state index contributed by atoms with van der Waals surface area (Å²) in [5, 5.41) is 16.0. The molecular formula is C13H10Cl2N2O3. The third-order valence-corrected chi connectivity index (χ3v) is 3.73. The molecule has 1 saturated carbocycles. The van der Waals surface area contributed by atoms with Crippen molar-refractivity contribution in [3.05, 3.63) is 34.0 Å². The van der Waals surface area contributed by atoms with Crippen LogP contribution < -0.4 is 5.32 Å². The van der Waals surface area contributed by atoms with Crippen molar-refractivity contribution in [3.8, 4) is 11.3 Å². The van der Waals surface area contributed by atoms with Crippen LogP contribution in [0.2, 0.25) is 10.0 Å². The van der Waals surface area contributed by atoms with Crippen molar-refractivity contribution in [1.29, 1.82) is 0 Å². The first-order chi connectivity index (χ1) is 9.58. The zero-order chi connectivity index (χ0) is 14.3. The summed E-state index contributed by atoms with van der Waals surface area (Å²) >= 11 is 12.3. The number of nitrogens with one attached hydrogen (secondary N) is 1. The van der Waals surface area contributed by atoms with Gasteiger partial charge in [-0.1, -0.05) is 34.4 Å². The highest BCUT2D eigenvalue weighted by Crippen LogP contribution is 2.48. The van der Waals surface area contributed by atoms with Gasteiger partial charge in [-0.15, -0.1) is 0 Å². The lowest BCUT2D eigenvalue weighted by Crippen LogP contribution is -2.09. The molecule has 1 aromatic carbocycles. The van der Waals surface area contributed by atoms with E-state index in [4.69, 9.17) is 32.8 Å². The lowest BCUT2D eigenvalue weighted by molar-refractivity contribution is 0.209. The lowest BCUT2D eigenvalue weighted by atomic mass is 10.1. The third kappa shape index (κ3) is 2.34. The second-order valence-electron chi connectivity index (χ2n) is 4.57. The van der Waals surface area contributed by atoms with E-state index in [2.05, 4.69) is 10.5 Å². The molecule has 1 amide bonds. The predicted octanol–water partition coefficient (Wildman–Crippen LogP) is 4.62. The molecule has 0 bridgehead atoms. The summed E-state index contributed by atoms with van der Waals surface area (Å²) in [6.07, 6.45) is 0.734. The van der Waals surface area contributed by atoms with E-state index in [1.165, 1.54) is 0 Å². The fourth-order valence-corrected chi connectivity index (χ4v) is 2.63. The van der Waals surface area contributed by atoms with Gasteiger partial charge in [-0.05, 0) is 25.0 Å². The molecule has 1 fully saturated rings. The first kappa shape index (κ1) is 13.3. The Kier molecular flexibility index (Phi) is 3.31. The maximum absolute atomic E-state index is 11.0. The number of hydrogen-bond donors (Lipinski definition) is 2. The van der Waals surface area contributed by atoms with Gasteiger partial charge in [0, 0.05) is 11.5 Å². The van der Waals surface area contributed by atoms with Crippen molar-refractivity contribution in [2.24, 2.45) is 0 Å². The molecule has 0 unspecified atom stereocenters. The highest BCUT2D eigenvalue weighted by atomic mass is 35.5. The Balaban J connectivity index is 2.15. The van der Waals surface area contributed by atoms with E-state index in [-0.39, 0.29) is 5.92 Å². The molecule has 0 spiro atoms. The Morgan fingerprint density at radius 3 is 2.55 bits per heavy atom. The summed E-state index contributed by atoms with van der Waals surface area (Å²) in [5.74, 6) is 0.748.